The minimum Gasteiger partial charge on any atom is -0.455 e. The second kappa shape index (κ2) is 9.87. The maximum Gasteiger partial charge on any atom is 0.333 e. The van der Waals surface area contributed by atoms with Gasteiger partial charge in [0.25, 0.3) is 0 Å². The Labute approximate surface area is 252 Å². The van der Waals surface area contributed by atoms with Crippen LogP contribution < -0.4 is 0 Å². The van der Waals surface area contributed by atoms with Crippen molar-refractivity contribution in [3.63, 3.8) is 0 Å². The Bertz CT molecular complexity index is 1170. The van der Waals surface area contributed by atoms with E-state index >= 15 is 0 Å². The number of allylic oxidation sites excluding steroid dienone is 2. The molecule has 238 valence electrons. The van der Waals surface area contributed by atoms with Crippen molar-refractivity contribution >= 4 is 5.97 Å². The van der Waals surface area contributed by atoms with Gasteiger partial charge in [-0.3, -0.25) is 0 Å². The molecule has 0 aliphatic heterocycles. The average Bonchev–Trinajstić information content (AvgIpc) is 2.92. The van der Waals surface area contributed by atoms with Gasteiger partial charge in [0.05, 0.1) is 36.4 Å². The third-order valence-corrected chi connectivity index (χ3v) is 14.5. The molecule has 0 unspecified atom stereocenters. The molecule has 12 atom stereocenters. The van der Waals surface area contributed by atoms with Crippen LogP contribution in [0.1, 0.15) is 101 Å². The molecule has 0 aromatic rings. The van der Waals surface area contributed by atoms with Crippen LogP contribution in [-0.2, 0) is 9.53 Å². The van der Waals surface area contributed by atoms with E-state index in [0.717, 1.165) is 37.7 Å². The van der Waals surface area contributed by atoms with Gasteiger partial charge >= 0.3 is 5.97 Å². The van der Waals surface area contributed by atoms with E-state index < -0.39 is 59.2 Å². The lowest BCUT2D eigenvalue weighted by atomic mass is 9.32. The number of ether oxygens (including phenoxy) is 1. The van der Waals surface area contributed by atoms with Crippen LogP contribution >= 0.6 is 0 Å². The first-order valence-corrected chi connectivity index (χ1v) is 16.2. The van der Waals surface area contributed by atoms with Crippen molar-refractivity contribution in [3.05, 3.63) is 23.3 Å². The summed E-state index contributed by atoms with van der Waals surface area (Å²) in [7, 11) is 0. The van der Waals surface area contributed by atoms with Crippen molar-refractivity contribution in [1.29, 1.82) is 0 Å². The van der Waals surface area contributed by atoms with Crippen LogP contribution in [-0.4, -0.2) is 68.6 Å². The van der Waals surface area contributed by atoms with Crippen LogP contribution in [0.25, 0.3) is 0 Å². The highest BCUT2D eigenvalue weighted by Crippen LogP contribution is 2.75. The van der Waals surface area contributed by atoms with Crippen molar-refractivity contribution in [1.82, 2.24) is 0 Å². The lowest BCUT2D eigenvalue weighted by Gasteiger charge is -2.73. The fourth-order valence-electron chi connectivity index (χ4n) is 11.4. The molecule has 4 saturated carbocycles. The minimum absolute atomic E-state index is 0.0406. The predicted octanol–water partition coefficient (Wildman–Crippen LogP) is 4.54. The van der Waals surface area contributed by atoms with Crippen molar-refractivity contribution < 1.29 is 35.1 Å². The van der Waals surface area contributed by atoms with Gasteiger partial charge in [0.15, 0.2) is 0 Å². The average molecular weight is 589 g/mol. The van der Waals surface area contributed by atoms with Crippen molar-refractivity contribution in [2.24, 2.45) is 50.2 Å². The van der Waals surface area contributed by atoms with E-state index in [9.17, 15) is 30.3 Å². The summed E-state index contributed by atoms with van der Waals surface area (Å²) in [5.41, 5.74) is -2.12. The van der Waals surface area contributed by atoms with Crippen LogP contribution in [0.15, 0.2) is 23.3 Å². The fourth-order valence-corrected chi connectivity index (χ4v) is 11.4. The number of carbonyl (C=O) groups excluding carboxylic acids is 1. The zero-order chi connectivity index (χ0) is 31.4. The molecule has 42 heavy (non-hydrogen) atoms. The first-order valence-electron chi connectivity index (χ1n) is 16.2. The molecule has 7 heteroatoms. The molecule has 0 saturated heterocycles. The third-order valence-electron chi connectivity index (χ3n) is 14.5. The number of fused-ring (bicyclic) bond motifs is 7. The SMILES string of the molecule is C/C=C(/C)C(=O)O[C@H]1[C@H](O)C(C)(C)C[C@H]2C3=CC[C@H]4[C@@]5(C)CC[C@H](O)C(C)(C)[C@H]5CC[C@@]4(C)[C@]3(C)[C@@H](O)[C@@H](O)[C@]21CO. The van der Waals surface area contributed by atoms with Crippen molar-refractivity contribution in [2.75, 3.05) is 6.61 Å². The van der Waals surface area contributed by atoms with Gasteiger partial charge in [0.2, 0.25) is 0 Å². The van der Waals surface area contributed by atoms with E-state index in [-0.39, 0.29) is 28.3 Å². The first-order chi connectivity index (χ1) is 19.3. The van der Waals surface area contributed by atoms with Crippen LogP contribution in [0.2, 0.25) is 0 Å². The second-order valence-corrected chi connectivity index (χ2v) is 16.7. The van der Waals surface area contributed by atoms with Gasteiger partial charge in [0, 0.05) is 11.0 Å². The molecule has 5 N–H and O–H groups in total. The number of hydrogen-bond donors (Lipinski definition) is 5. The monoisotopic (exact) mass is 588 g/mol. The fraction of sp³-hybridized carbons (Fsp3) is 0.857. The summed E-state index contributed by atoms with van der Waals surface area (Å²) < 4.78 is 6.00. The summed E-state index contributed by atoms with van der Waals surface area (Å²) in [6, 6.07) is 0. The lowest BCUT2D eigenvalue weighted by Crippen LogP contribution is -2.76. The molecular weight excluding hydrogens is 532 g/mol. The van der Waals surface area contributed by atoms with Gasteiger partial charge < -0.3 is 30.3 Å². The Balaban J connectivity index is 1.67. The normalized spacial score (nSPS) is 51.3. The molecule has 0 radical (unpaired) electrons. The molecular formula is C35H56O7. The topological polar surface area (TPSA) is 127 Å². The Kier molecular flexibility index (Phi) is 7.56. The number of carbonyl (C=O) groups is 1. The standard InChI is InChI=1S/C35H56O7/c1-10-19(2)29(41)42-28-27(40)30(3,4)17-21-20-11-12-23-32(7)15-14-24(37)31(5,6)22(32)13-16-33(23,8)34(20,9)25(38)26(39)35(21,28)18-36/h10-11,21-28,36-40H,12-18H2,1-9H3/b19-10-/t21-,22+,23-,24-,25-,26+,27-,28-,32-,33+,34-,35-/m0/s1. The molecule has 0 bridgehead atoms. The Morgan fingerprint density at radius 1 is 0.952 bits per heavy atom. The summed E-state index contributed by atoms with van der Waals surface area (Å²) in [5.74, 6) is -0.421. The van der Waals surface area contributed by atoms with Gasteiger partial charge in [-0.05, 0) is 91.8 Å². The minimum atomic E-state index is -1.45. The van der Waals surface area contributed by atoms with Crippen LogP contribution in [0.4, 0.5) is 0 Å². The number of aliphatic hydroxyl groups is 5. The highest BCUT2D eigenvalue weighted by Gasteiger charge is 2.75. The van der Waals surface area contributed by atoms with Crippen molar-refractivity contribution in [2.45, 2.75) is 131 Å². The smallest absolute Gasteiger partial charge is 0.333 e. The van der Waals surface area contributed by atoms with Gasteiger partial charge in [-0.25, -0.2) is 4.79 Å². The van der Waals surface area contributed by atoms with Crippen LogP contribution in [0.5, 0.6) is 0 Å². The van der Waals surface area contributed by atoms with E-state index in [0.29, 0.717) is 17.9 Å². The van der Waals surface area contributed by atoms with E-state index in [1.807, 2.05) is 13.8 Å². The molecule has 5 aliphatic carbocycles. The summed E-state index contributed by atoms with van der Waals surface area (Å²) in [6.45, 7) is 17.9. The molecule has 5 rings (SSSR count). The van der Waals surface area contributed by atoms with Gasteiger partial charge in [0.1, 0.15) is 6.10 Å². The molecule has 0 aromatic heterocycles. The summed E-state index contributed by atoms with van der Waals surface area (Å²) >= 11 is 0. The van der Waals surface area contributed by atoms with Crippen LogP contribution in [0.3, 0.4) is 0 Å². The Morgan fingerprint density at radius 2 is 1.60 bits per heavy atom. The first kappa shape index (κ1) is 32.2. The van der Waals surface area contributed by atoms with E-state index in [1.54, 1.807) is 19.9 Å². The van der Waals surface area contributed by atoms with Gasteiger partial charge in [-0.15, -0.1) is 0 Å². The third kappa shape index (κ3) is 3.79. The number of hydrogen-bond acceptors (Lipinski definition) is 7. The zero-order valence-corrected chi connectivity index (χ0v) is 27.3. The molecule has 4 fully saturated rings. The Morgan fingerprint density at radius 3 is 2.19 bits per heavy atom. The van der Waals surface area contributed by atoms with E-state index in [2.05, 4.69) is 40.7 Å². The maximum absolute atomic E-state index is 13.1. The zero-order valence-electron chi connectivity index (χ0n) is 27.3. The molecule has 5 aliphatic rings. The molecule has 0 heterocycles. The lowest BCUT2D eigenvalue weighted by molar-refractivity contribution is -0.290. The van der Waals surface area contributed by atoms with E-state index in [1.165, 1.54) is 0 Å². The van der Waals surface area contributed by atoms with Gasteiger partial charge in [-0.2, -0.15) is 0 Å². The maximum atomic E-state index is 13.1. The quantitative estimate of drug-likeness (QED) is 0.186. The van der Waals surface area contributed by atoms with E-state index in [4.69, 9.17) is 4.74 Å². The number of esters is 1. The number of rotatable bonds is 3. The predicted molar refractivity (Wildman–Crippen MR) is 161 cm³/mol. The summed E-state index contributed by atoms with van der Waals surface area (Å²) in [6.07, 6.45) is 3.34. The van der Waals surface area contributed by atoms with Crippen molar-refractivity contribution in [3.8, 4) is 0 Å². The Hall–Kier alpha value is -1.25. The van der Waals surface area contributed by atoms with Crippen LogP contribution in [0, 0.1) is 50.2 Å². The summed E-state index contributed by atoms with van der Waals surface area (Å²) in [5, 5.41) is 58.3. The second-order valence-electron chi connectivity index (χ2n) is 16.7. The highest BCUT2D eigenvalue weighted by molar-refractivity contribution is 5.87. The molecule has 7 nitrogen and oxygen atoms in total. The molecule has 0 amide bonds. The van der Waals surface area contributed by atoms with Gasteiger partial charge in [-0.1, -0.05) is 66.2 Å². The largest absolute Gasteiger partial charge is 0.455 e. The molecule has 0 aromatic carbocycles. The molecule has 0 spiro atoms. The number of aliphatic hydroxyl groups excluding tert-OH is 5. The highest BCUT2D eigenvalue weighted by atomic mass is 16.6. The summed E-state index contributed by atoms with van der Waals surface area (Å²) in [4.78, 5) is 13.1.